The van der Waals surface area contributed by atoms with Gasteiger partial charge >= 0.3 is 0 Å². The van der Waals surface area contributed by atoms with Crippen molar-refractivity contribution in [3.05, 3.63) is 29.8 Å². The number of rotatable bonds is 2. The highest BCUT2D eigenvalue weighted by atomic mass is 14.9. The highest BCUT2D eigenvalue weighted by Gasteiger charge is 2.22. The molecule has 0 heterocycles. The molecule has 1 saturated carbocycles. The minimum atomic E-state index is 0.691. The zero-order valence-corrected chi connectivity index (χ0v) is 9.09. The predicted octanol–water partition coefficient (Wildman–Crippen LogP) is 3.60. The van der Waals surface area contributed by atoms with Crippen LogP contribution in [-0.2, 0) is 0 Å². The van der Waals surface area contributed by atoms with Gasteiger partial charge in [0.25, 0.3) is 0 Å². The first-order valence-corrected chi connectivity index (χ1v) is 5.59. The maximum absolute atomic E-state index is 3.63. The van der Waals surface area contributed by atoms with Crippen molar-refractivity contribution in [2.45, 2.75) is 39.2 Å². The van der Waals surface area contributed by atoms with E-state index in [0.717, 1.165) is 5.92 Å². The molecule has 0 spiro atoms. The van der Waals surface area contributed by atoms with Crippen molar-refractivity contribution in [2.24, 2.45) is 5.92 Å². The van der Waals surface area contributed by atoms with Gasteiger partial charge in [-0.2, -0.15) is 0 Å². The van der Waals surface area contributed by atoms with E-state index in [1.165, 1.54) is 30.5 Å². The summed E-state index contributed by atoms with van der Waals surface area (Å²) in [5, 5.41) is 3.63. The summed E-state index contributed by atoms with van der Waals surface area (Å²) in [6.07, 6.45) is 4.09. The topological polar surface area (TPSA) is 12.0 Å². The quantitative estimate of drug-likeness (QED) is 0.749. The Balaban J connectivity index is 2.03. The standard InChI is InChI=1S/C13H19N/c1-10-5-3-7-12(9-10)14-13-8-4-6-11(13)2/h3,5,7,9,11,13-14H,4,6,8H2,1-2H3/t11-,13+/m0/s1. The Morgan fingerprint density at radius 3 is 2.79 bits per heavy atom. The maximum Gasteiger partial charge on any atom is 0.0345 e. The number of nitrogens with one attached hydrogen (secondary N) is 1. The smallest absolute Gasteiger partial charge is 0.0345 e. The molecular weight excluding hydrogens is 170 g/mol. The molecule has 1 aromatic carbocycles. The molecule has 0 amide bonds. The number of hydrogen-bond donors (Lipinski definition) is 1. The largest absolute Gasteiger partial charge is 0.382 e. The Bertz CT molecular complexity index is 306. The van der Waals surface area contributed by atoms with Crippen LogP contribution in [-0.4, -0.2) is 6.04 Å². The van der Waals surface area contributed by atoms with Gasteiger partial charge in [-0.05, 0) is 43.4 Å². The molecule has 1 fully saturated rings. The van der Waals surface area contributed by atoms with E-state index in [4.69, 9.17) is 0 Å². The monoisotopic (exact) mass is 189 g/mol. The third-order valence-corrected chi connectivity index (χ3v) is 3.23. The number of anilines is 1. The van der Waals surface area contributed by atoms with Gasteiger partial charge in [0.2, 0.25) is 0 Å². The molecule has 1 aromatic rings. The van der Waals surface area contributed by atoms with Crippen LogP contribution in [0.15, 0.2) is 24.3 Å². The summed E-state index contributed by atoms with van der Waals surface area (Å²) in [6.45, 7) is 4.49. The van der Waals surface area contributed by atoms with Gasteiger partial charge in [-0.25, -0.2) is 0 Å². The summed E-state index contributed by atoms with van der Waals surface area (Å²) in [7, 11) is 0. The van der Waals surface area contributed by atoms with Gasteiger partial charge in [0.1, 0.15) is 0 Å². The van der Waals surface area contributed by atoms with E-state index in [1.54, 1.807) is 0 Å². The van der Waals surface area contributed by atoms with E-state index in [1.807, 2.05) is 0 Å². The van der Waals surface area contributed by atoms with Crippen molar-refractivity contribution in [3.63, 3.8) is 0 Å². The average molecular weight is 189 g/mol. The van der Waals surface area contributed by atoms with Gasteiger partial charge < -0.3 is 5.32 Å². The van der Waals surface area contributed by atoms with Crippen molar-refractivity contribution in [1.82, 2.24) is 0 Å². The third-order valence-electron chi connectivity index (χ3n) is 3.23. The maximum atomic E-state index is 3.63. The fourth-order valence-electron chi connectivity index (χ4n) is 2.31. The number of hydrogen-bond acceptors (Lipinski definition) is 1. The van der Waals surface area contributed by atoms with Crippen LogP contribution < -0.4 is 5.32 Å². The average Bonchev–Trinajstić information content (AvgIpc) is 2.52. The highest BCUT2D eigenvalue weighted by molar-refractivity contribution is 5.46. The molecule has 0 aliphatic heterocycles. The second-order valence-electron chi connectivity index (χ2n) is 4.53. The zero-order valence-electron chi connectivity index (χ0n) is 9.09. The predicted molar refractivity (Wildman–Crippen MR) is 61.6 cm³/mol. The summed E-state index contributed by atoms with van der Waals surface area (Å²) in [4.78, 5) is 0. The lowest BCUT2D eigenvalue weighted by atomic mass is 10.1. The first kappa shape index (κ1) is 9.57. The molecule has 0 aromatic heterocycles. The highest BCUT2D eigenvalue weighted by Crippen LogP contribution is 2.27. The summed E-state index contributed by atoms with van der Waals surface area (Å²) < 4.78 is 0. The minimum absolute atomic E-state index is 0.691. The van der Waals surface area contributed by atoms with E-state index in [0.29, 0.717) is 6.04 Å². The second-order valence-corrected chi connectivity index (χ2v) is 4.53. The molecule has 0 unspecified atom stereocenters. The summed E-state index contributed by atoms with van der Waals surface area (Å²) in [6, 6.07) is 9.35. The summed E-state index contributed by atoms with van der Waals surface area (Å²) in [5.74, 6) is 0.829. The Kier molecular flexibility index (Phi) is 2.76. The SMILES string of the molecule is Cc1cccc(N[C@@H]2CCC[C@@H]2C)c1. The Hall–Kier alpha value is -0.980. The molecule has 1 N–H and O–H groups in total. The van der Waals surface area contributed by atoms with Crippen LogP contribution in [0.5, 0.6) is 0 Å². The van der Waals surface area contributed by atoms with E-state index >= 15 is 0 Å². The Morgan fingerprint density at radius 2 is 2.14 bits per heavy atom. The number of benzene rings is 1. The van der Waals surface area contributed by atoms with Crippen LogP contribution in [0.1, 0.15) is 31.7 Å². The summed E-state index contributed by atoms with van der Waals surface area (Å²) in [5.41, 5.74) is 2.62. The van der Waals surface area contributed by atoms with Crippen LogP contribution in [0.25, 0.3) is 0 Å². The molecule has 1 aliphatic rings. The lowest BCUT2D eigenvalue weighted by molar-refractivity contribution is 0.556. The van der Waals surface area contributed by atoms with Crippen LogP contribution >= 0.6 is 0 Å². The number of aryl methyl sites for hydroxylation is 1. The minimum Gasteiger partial charge on any atom is -0.382 e. The molecule has 1 heteroatoms. The van der Waals surface area contributed by atoms with E-state index in [2.05, 4.69) is 43.4 Å². The zero-order chi connectivity index (χ0) is 9.97. The van der Waals surface area contributed by atoms with Crippen molar-refractivity contribution in [1.29, 1.82) is 0 Å². The van der Waals surface area contributed by atoms with Crippen LogP contribution in [0.3, 0.4) is 0 Å². The molecule has 0 saturated heterocycles. The van der Waals surface area contributed by atoms with Crippen molar-refractivity contribution >= 4 is 5.69 Å². The van der Waals surface area contributed by atoms with Crippen molar-refractivity contribution in [3.8, 4) is 0 Å². The lowest BCUT2D eigenvalue weighted by Crippen LogP contribution is -2.21. The molecule has 14 heavy (non-hydrogen) atoms. The Morgan fingerprint density at radius 1 is 1.29 bits per heavy atom. The summed E-state index contributed by atoms with van der Waals surface area (Å²) >= 11 is 0. The molecule has 0 bridgehead atoms. The van der Waals surface area contributed by atoms with Crippen molar-refractivity contribution < 1.29 is 0 Å². The van der Waals surface area contributed by atoms with Gasteiger partial charge in [0, 0.05) is 11.7 Å². The lowest BCUT2D eigenvalue weighted by Gasteiger charge is -2.18. The first-order valence-electron chi connectivity index (χ1n) is 5.59. The van der Waals surface area contributed by atoms with Gasteiger partial charge in [-0.3, -0.25) is 0 Å². The van der Waals surface area contributed by atoms with E-state index in [9.17, 15) is 0 Å². The Labute approximate surface area is 86.5 Å². The van der Waals surface area contributed by atoms with Gasteiger partial charge in [0.15, 0.2) is 0 Å². The fourth-order valence-corrected chi connectivity index (χ4v) is 2.31. The fraction of sp³-hybridized carbons (Fsp3) is 0.538. The molecule has 1 aliphatic carbocycles. The van der Waals surface area contributed by atoms with Crippen LogP contribution in [0.2, 0.25) is 0 Å². The molecular formula is C13H19N. The molecule has 2 rings (SSSR count). The van der Waals surface area contributed by atoms with Gasteiger partial charge in [-0.1, -0.05) is 25.5 Å². The van der Waals surface area contributed by atoms with Gasteiger partial charge in [0.05, 0.1) is 0 Å². The van der Waals surface area contributed by atoms with Crippen LogP contribution in [0.4, 0.5) is 5.69 Å². The second kappa shape index (κ2) is 4.04. The molecule has 76 valence electrons. The normalized spacial score (nSPS) is 26.4. The third kappa shape index (κ3) is 2.09. The van der Waals surface area contributed by atoms with E-state index < -0.39 is 0 Å². The van der Waals surface area contributed by atoms with E-state index in [-0.39, 0.29) is 0 Å². The molecule has 1 nitrogen and oxygen atoms in total. The van der Waals surface area contributed by atoms with Crippen LogP contribution in [0, 0.1) is 12.8 Å². The molecule has 0 radical (unpaired) electrons. The molecule has 2 atom stereocenters. The van der Waals surface area contributed by atoms with Crippen molar-refractivity contribution in [2.75, 3.05) is 5.32 Å². The van der Waals surface area contributed by atoms with Gasteiger partial charge in [-0.15, -0.1) is 0 Å². The first-order chi connectivity index (χ1) is 6.75.